The van der Waals surface area contributed by atoms with Crippen LogP contribution in [0.5, 0.6) is 0 Å². The van der Waals surface area contributed by atoms with Crippen LogP contribution < -0.4 is 16.0 Å². The zero-order valence-corrected chi connectivity index (χ0v) is 10.5. The molecule has 1 aliphatic heterocycles. The highest BCUT2D eigenvalue weighted by molar-refractivity contribution is 6.13. The summed E-state index contributed by atoms with van der Waals surface area (Å²) in [6, 6.07) is 5.87. The Balaban J connectivity index is 2.31. The van der Waals surface area contributed by atoms with Crippen LogP contribution in [-0.2, 0) is 9.59 Å². The van der Waals surface area contributed by atoms with Crippen molar-refractivity contribution in [3.63, 3.8) is 0 Å². The van der Waals surface area contributed by atoms with Gasteiger partial charge >= 0.3 is 0 Å². The summed E-state index contributed by atoms with van der Waals surface area (Å²) in [5, 5.41) is 8.75. The van der Waals surface area contributed by atoms with Crippen LogP contribution in [-0.4, -0.2) is 18.4 Å². The summed E-state index contributed by atoms with van der Waals surface area (Å²) in [5.74, 6) is -0.557. The van der Waals surface area contributed by atoms with Gasteiger partial charge in [0.05, 0.1) is 11.4 Å². The van der Waals surface area contributed by atoms with Crippen LogP contribution >= 0.6 is 0 Å². The Bertz CT molecular complexity index is 485. The first-order valence-corrected chi connectivity index (χ1v) is 6.07. The molecule has 5 nitrogen and oxygen atoms in total. The van der Waals surface area contributed by atoms with Crippen molar-refractivity contribution >= 4 is 23.2 Å². The predicted octanol–water partition coefficient (Wildman–Crippen LogP) is 1.64. The first-order chi connectivity index (χ1) is 8.60. The van der Waals surface area contributed by atoms with Gasteiger partial charge in [-0.25, -0.2) is 0 Å². The van der Waals surface area contributed by atoms with Crippen molar-refractivity contribution in [3.8, 4) is 0 Å². The number of amides is 2. The topological polar surface area (TPSA) is 70.2 Å². The van der Waals surface area contributed by atoms with Crippen LogP contribution in [0, 0.1) is 0 Å². The second kappa shape index (κ2) is 5.18. The van der Waals surface area contributed by atoms with Crippen molar-refractivity contribution in [2.45, 2.75) is 26.3 Å². The van der Waals surface area contributed by atoms with E-state index in [0.29, 0.717) is 11.4 Å². The van der Waals surface area contributed by atoms with Crippen molar-refractivity contribution < 1.29 is 9.59 Å². The van der Waals surface area contributed by atoms with E-state index in [1.54, 1.807) is 0 Å². The van der Waals surface area contributed by atoms with E-state index in [0.717, 1.165) is 12.1 Å². The normalized spacial score (nSPS) is 16.3. The third kappa shape index (κ3) is 2.68. The van der Waals surface area contributed by atoms with E-state index in [9.17, 15) is 9.59 Å². The van der Waals surface area contributed by atoms with E-state index in [4.69, 9.17) is 0 Å². The van der Waals surface area contributed by atoms with Gasteiger partial charge in [-0.05, 0) is 31.2 Å². The molecule has 1 aromatic rings. The summed E-state index contributed by atoms with van der Waals surface area (Å²) in [6.45, 7) is 4.98. The van der Waals surface area contributed by atoms with Crippen LogP contribution in [0.25, 0.3) is 0 Å². The molecule has 1 heterocycles. The molecule has 1 atom stereocenters. The number of hydrogen-bond acceptors (Lipinski definition) is 3. The quantitative estimate of drug-likeness (QED) is 0.711. The van der Waals surface area contributed by atoms with E-state index in [-0.39, 0.29) is 24.3 Å². The molecule has 96 valence electrons. The lowest BCUT2D eigenvalue weighted by Gasteiger charge is -2.15. The van der Waals surface area contributed by atoms with Crippen LogP contribution in [0.3, 0.4) is 0 Å². The summed E-state index contributed by atoms with van der Waals surface area (Å²) in [7, 11) is 0. The molecular weight excluding hydrogens is 230 g/mol. The van der Waals surface area contributed by atoms with Gasteiger partial charge in [-0.3, -0.25) is 9.59 Å². The number of rotatable bonds is 3. The number of carbonyl (C=O) groups is 2. The van der Waals surface area contributed by atoms with Gasteiger partial charge in [-0.2, -0.15) is 0 Å². The second-order valence-electron chi connectivity index (χ2n) is 4.36. The molecule has 2 rings (SSSR count). The maximum Gasteiger partial charge on any atom is 0.233 e. The zero-order chi connectivity index (χ0) is 13.1. The lowest BCUT2D eigenvalue weighted by atomic mass is 10.1. The number of nitrogens with one attached hydrogen (secondary N) is 3. The summed E-state index contributed by atoms with van der Waals surface area (Å²) in [5.41, 5.74) is 2.39. The third-order valence-corrected chi connectivity index (χ3v) is 2.92. The maximum absolute atomic E-state index is 11.5. The molecule has 0 aliphatic carbocycles. The molecule has 5 heteroatoms. The molecule has 0 saturated carbocycles. The van der Waals surface area contributed by atoms with Crippen LogP contribution in [0.1, 0.15) is 31.9 Å². The number of hydrogen-bond donors (Lipinski definition) is 3. The van der Waals surface area contributed by atoms with Crippen LogP contribution in [0.15, 0.2) is 18.2 Å². The lowest BCUT2D eigenvalue weighted by molar-refractivity contribution is -0.123. The van der Waals surface area contributed by atoms with Crippen molar-refractivity contribution in [1.82, 2.24) is 5.32 Å². The minimum absolute atomic E-state index is 0.132. The molecular formula is C13H17N3O2. The minimum atomic E-state index is -0.279. The van der Waals surface area contributed by atoms with Crippen molar-refractivity contribution in [2.24, 2.45) is 0 Å². The summed E-state index contributed by atoms with van der Waals surface area (Å²) >= 11 is 0. The number of anilines is 2. The monoisotopic (exact) mass is 247 g/mol. The molecule has 0 fully saturated rings. The maximum atomic E-state index is 11.5. The average Bonchev–Trinajstić information content (AvgIpc) is 2.44. The van der Waals surface area contributed by atoms with Gasteiger partial charge in [0.15, 0.2) is 0 Å². The van der Waals surface area contributed by atoms with E-state index in [2.05, 4.69) is 22.9 Å². The first-order valence-electron chi connectivity index (χ1n) is 6.07. The number of fused-ring (bicyclic) bond motifs is 1. The fourth-order valence-electron chi connectivity index (χ4n) is 2.00. The fourth-order valence-corrected chi connectivity index (χ4v) is 2.00. The van der Waals surface area contributed by atoms with Gasteiger partial charge < -0.3 is 16.0 Å². The first kappa shape index (κ1) is 12.6. The van der Waals surface area contributed by atoms with Gasteiger partial charge in [0, 0.05) is 6.04 Å². The summed E-state index contributed by atoms with van der Waals surface area (Å²) in [6.07, 6.45) is -0.132. The number of benzene rings is 1. The molecule has 3 N–H and O–H groups in total. The Morgan fingerprint density at radius 1 is 1.22 bits per heavy atom. The van der Waals surface area contributed by atoms with Crippen LogP contribution in [0.4, 0.5) is 11.4 Å². The van der Waals surface area contributed by atoms with Gasteiger partial charge in [-0.1, -0.05) is 13.0 Å². The molecule has 1 aliphatic rings. The second-order valence-corrected chi connectivity index (χ2v) is 4.36. The Labute approximate surface area is 106 Å². The standard InChI is InChI=1S/C13H17N3O2/c1-3-14-8(2)9-4-5-10-11(6-9)16-13(18)7-12(17)15-10/h4-6,8,14H,3,7H2,1-2H3,(H,15,17)(H,16,18). The van der Waals surface area contributed by atoms with Crippen molar-refractivity contribution in [3.05, 3.63) is 23.8 Å². The van der Waals surface area contributed by atoms with Gasteiger partial charge in [0.25, 0.3) is 0 Å². The van der Waals surface area contributed by atoms with E-state index in [1.165, 1.54) is 0 Å². The molecule has 1 aromatic carbocycles. The molecule has 18 heavy (non-hydrogen) atoms. The highest BCUT2D eigenvalue weighted by Gasteiger charge is 2.18. The minimum Gasteiger partial charge on any atom is -0.324 e. The third-order valence-electron chi connectivity index (χ3n) is 2.92. The molecule has 2 amide bonds. The van der Waals surface area contributed by atoms with E-state index in [1.807, 2.05) is 25.1 Å². The van der Waals surface area contributed by atoms with Crippen molar-refractivity contribution in [2.75, 3.05) is 17.2 Å². The van der Waals surface area contributed by atoms with Gasteiger partial charge in [0.1, 0.15) is 6.42 Å². The molecule has 1 unspecified atom stereocenters. The molecule has 0 bridgehead atoms. The highest BCUT2D eigenvalue weighted by Crippen LogP contribution is 2.28. The molecule has 0 aromatic heterocycles. The molecule has 0 spiro atoms. The Morgan fingerprint density at radius 2 is 1.89 bits per heavy atom. The van der Waals surface area contributed by atoms with Crippen LogP contribution in [0.2, 0.25) is 0 Å². The Morgan fingerprint density at radius 3 is 2.56 bits per heavy atom. The summed E-state index contributed by atoms with van der Waals surface area (Å²) < 4.78 is 0. The summed E-state index contributed by atoms with van der Waals surface area (Å²) in [4.78, 5) is 22.9. The predicted molar refractivity (Wildman–Crippen MR) is 70.4 cm³/mol. The number of carbonyl (C=O) groups excluding carboxylic acids is 2. The average molecular weight is 247 g/mol. The Hall–Kier alpha value is -1.88. The van der Waals surface area contributed by atoms with E-state index >= 15 is 0 Å². The smallest absolute Gasteiger partial charge is 0.233 e. The molecule has 0 radical (unpaired) electrons. The zero-order valence-electron chi connectivity index (χ0n) is 10.5. The molecule has 0 saturated heterocycles. The van der Waals surface area contributed by atoms with Gasteiger partial charge in [-0.15, -0.1) is 0 Å². The largest absolute Gasteiger partial charge is 0.324 e. The highest BCUT2D eigenvalue weighted by atomic mass is 16.2. The van der Waals surface area contributed by atoms with Gasteiger partial charge in [0.2, 0.25) is 11.8 Å². The van der Waals surface area contributed by atoms with Crippen molar-refractivity contribution in [1.29, 1.82) is 0 Å². The van der Waals surface area contributed by atoms with E-state index < -0.39 is 0 Å². The Kier molecular flexibility index (Phi) is 3.62. The SMILES string of the molecule is CCNC(C)c1ccc2c(c1)NC(=O)CC(=O)N2. The lowest BCUT2D eigenvalue weighted by Crippen LogP contribution is -2.18. The fraction of sp³-hybridized carbons (Fsp3) is 0.385.